The zero-order valence-electron chi connectivity index (χ0n) is 4.59. The van der Waals surface area contributed by atoms with Gasteiger partial charge in [-0.25, -0.2) is 0 Å². The van der Waals surface area contributed by atoms with Crippen molar-refractivity contribution < 1.29 is 15.8 Å². The molecule has 0 heterocycles. The molecule has 0 unspecified atom stereocenters. The molecule has 1 N–H and O–H groups in total. The van der Waals surface area contributed by atoms with Gasteiger partial charge in [0.05, 0.1) is 0 Å². The molecule has 0 saturated heterocycles. The Morgan fingerprint density at radius 3 is 1.89 bits per heavy atom. The average Bonchev–Trinajstić information content (AvgIpc) is 1.88. The van der Waals surface area contributed by atoms with E-state index in [0.717, 1.165) is 0 Å². The molecule has 0 aliphatic heterocycles. The van der Waals surface area contributed by atoms with Crippen LogP contribution in [0.1, 0.15) is 0 Å². The fourth-order valence-electron chi connectivity index (χ4n) is 0.0341. The minimum atomic E-state index is 0. The van der Waals surface area contributed by atoms with Gasteiger partial charge in [-0.1, -0.05) is 0 Å². The van der Waals surface area contributed by atoms with Crippen molar-refractivity contribution in [3.05, 3.63) is 6.57 Å². The topological polar surface area (TPSA) is 97.1 Å². The molecule has 0 bridgehead atoms. The van der Waals surface area contributed by atoms with Crippen LogP contribution in [0, 0.1) is 17.4 Å². The zero-order valence-corrected chi connectivity index (χ0v) is 8.82. The minimum absolute atomic E-state index is 0. The fourth-order valence-corrected chi connectivity index (χ4v) is 0.0783. The maximum atomic E-state index is 6.25. The molecule has 0 aromatic heterocycles. The molecule has 0 saturated carbocycles. The van der Waals surface area contributed by atoms with E-state index in [1.165, 1.54) is 0 Å². The van der Waals surface area contributed by atoms with Gasteiger partial charge >= 0.3 is 41.1 Å². The Labute approximate surface area is 103 Å². The van der Waals surface area contributed by atoms with E-state index in [2.05, 4.69) is 35.6 Å². The summed E-state index contributed by atoms with van der Waals surface area (Å²) < 4.78 is 2.92. The maximum absolute atomic E-state index is 6.25. The van der Waals surface area contributed by atoms with Crippen LogP contribution < -0.4 is 0 Å². The summed E-state index contributed by atoms with van der Waals surface area (Å²) in [5.74, 6) is 0. The second kappa shape index (κ2) is 23.4. The summed E-state index contributed by atoms with van der Waals surface area (Å²) in [4.78, 5) is 0. The fraction of sp³-hybridized carbons (Fsp3) is 0. The molecule has 8 heteroatoms. The van der Waals surface area contributed by atoms with Gasteiger partial charge in [0.25, 0.3) is 0 Å². The quantitative estimate of drug-likeness (QED) is 0.297. The van der Waals surface area contributed by atoms with Crippen LogP contribution in [0.25, 0.3) is 0 Å². The zero-order chi connectivity index (χ0) is 6.83. The smallest absolute Gasteiger partial charge is 0 e. The monoisotopic (exact) mass is 192 g/mol. The van der Waals surface area contributed by atoms with Gasteiger partial charge in [-0.2, -0.15) is 0 Å². The van der Waals surface area contributed by atoms with Gasteiger partial charge in [0, 0.05) is 51.4 Å². The van der Waals surface area contributed by atoms with Crippen molar-refractivity contribution in [2.24, 2.45) is 19.7 Å². The van der Waals surface area contributed by atoms with Crippen LogP contribution in [0.3, 0.4) is 0 Å². The molecule has 6 nitrogen and oxygen atoms in total. The summed E-state index contributed by atoms with van der Waals surface area (Å²) in [6, 6.07) is 0. The number of hydrogen-bond acceptors (Lipinski definition) is 3. The summed E-state index contributed by atoms with van der Waals surface area (Å²) in [6.07, 6.45) is 0. The molecule has 0 atom stereocenters. The van der Waals surface area contributed by atoms with Crippen molar-refractivity contribution in [3.8, 4) is 0 Å². The molecule has 9 heavy (non-hydrogen) atoms. The van der Waals surface area contributed by atoms with Crippen LogP contribution in [0.5, 0.6) is 0 Å². The summed E-state index contributed by atoms with van der Waals surface area (Å²) in [5, 5.41) is 14.4. The number of nitrogens with zero attached hydrogens (tertiary/aromatic N) is 5. The van der Waals surface area contributed by atoms with E-state index in [0.29, 0.717) is 0 Å². The molecule has 1 radical (unpaired) electrons. The number of rotatable bonds is 2. The summed E-state index contributed by atoms with van der Waals surface area (Å²) in [7, 11) is 0. The van der Waals surface area contributed by atoms with Crippen LogP contribution in [-0.4, -0.2) is 51.4 Å². The predicted octanol–water partition coefficient (Wildman–Crippen LogP) is 0.746. The average molecular weight is 192 g/mol. The van der Waals surface area contributed by atoms with Gasteiger partial charge in [-0.15, -0.1) is 0 Å². The maximum Gasteiger partial charge on any atom is 0 e. The van der Waals surface area contributed by atoms with Gasteiger partial charge in [0.2, 0.25) is 0 Å². The molecular formula is CHFeKN6. The van der Waals surface area contributed by atoms with Crippen molar-refractivity contribution in [1.82, 2.24) is 0 Å². The van der Waals surface area contributed by atoms with Crippen LogP contribution in [0.2, 0.25) is 0 Å². The van der Waals surface area contributed by atoms with E-state index in [-0.39, 0.29) is 51.4 Å². The minimum Gasteiger partial charge on any atom is -0.512 e. The Morgan fingerprint density at radius 2 is 1.78 bits per heavy atom. The predicted molar refractivity (Wildman–Crippen MR) is 23.2 cm³/mol. The molecular weight excluding hydrogens is 191 g/mol. The van der Waals surface area contributed by atoms with Crippen molar-refractivity contribution in [2.45, 2.75) is 0 Å². The van der Waals surface area contributed by atoms with Gasteiger partial charge in [0.15, 0.2) is 0 Å². The third-order valence-corrected chi connectivity index (χ3v) is 0.215. The second-order valence-electron chi connectivity index (χ2n) is 0.350. The molecule has 44 valence electrons. The molecule has 0 aromatic carbocycles. The number of nitrogens with one attached hydrogen (secondary N) is 1. The van der Waals surface area contributed by atoms with Crippen molar-refractivity contribution >= 4 is 51.4 Å². The largest absolute Gasteiger partial charge is 0.512 e. The Kier molecular flexibility index (Phi) is 42.5. The van der Waals surface area contributed by atoms with Crippen molar-refractivity contribution in [1.29, 1.82) is 10.8 Å². The van der Waals surface area contributed by atoms with Crippen molar-refractivity contribution in [2.75, 3.05) is 0 Å². The Bertz CT molecular complexity index is 96.9. The van der Waals surface area contributed by atoms with E-state index in [9.17, 15) is 0 Å². The van der Waals surface area contributed by atoms with Gasteiger partial charge < -0.3 is 11.8 Å². The molecule has 0 amide bonds. The first-order chi connectivity index (χ1) is 3.91. The summed E-state index contributed by atoms with van der Waals surface area (Å²) in [5.41, 5.74) is 5.98. The number of hydrogen-bond donors (Lipinski definition) is 1. The van der Waals surface area contributed by atoms with Gasteiger partial charge in [-0.05, 0) is 0 Å². The van der Waals surface area contributed by atoms with E-state index in [1.54, 1.807) is 0 Å². The second-order valence-corrected chi connectivity index (χ2v) is 0.570. The van der Waals surface area contributed by atoms with E-state index < -0.39 is 0 Å². The van der Waals surface area contributed by atoms with E-state index >= 15 is 0 Å². The molecule has 0 fully saturated rings. The van der Waals surface area contributed by atoms with E-state index in [4.69, 9.17) is 17.4 Å². The SMILES string of the molecule is N=N/N=N/[N]=[Fe+].[C-]#N.[K]. The van der Waals surface area contributed by atoms with E-state index in [1.807, 2.05) is 0 Å². The van der Waals surface area contributed by atoms with Crippen LogP contribution in [0.4, 0.5) is 0 Å². The van der Waals surface area contributed by atoms with Crippen LogP contribution >= 0.6 is 0 Å². The molecule has 0 aromatic rings. The van der Waals surface area contributed by atoms with Crippen LogP contribution in [0.15, 0.2) is 19.7 Å². The molecule has 0 rings (SSSR count). The molecule has 0 aliphatic carbocycles. The van der Waals surface area contributed by atoms with Gasteiger partial charge in [0.1, 0.15) is 0 Å². The Hall–Kier alpha value is 0.646. The molecule has 0 spiro atoms. The summed E-state index contributed by atoms with van der Waals surface area (Å²) in [6.45, 7) is 4.75. The summed E-state index contributed by atoms with van der Waals surface area (Å²) >= 11 is 2.94. The first-order valence-electron chi connectivity index (χ1n) is 1.21. The third-order valence-electron chi connectivity index (χ3n) is 0.116. The Balaban J connectivity index is -0.000000109. The van der Waals surface area contributed by atoms with Crippen LogP contribution in [-0.2, 0) is 15.8 Å². The first kappa shape index (κ1) is 16.3. The first-order valence-corrected chi connectivity index (χ1v) is 1.70. The van der Waals surface area contributed by atoms with Gasteiger partial charge in [-0.3, -0.25) is 0 Å². The standard InChI is InChI=1S/CN.Fe.K.HN5/c1-2;;;1-3-5-4-2/h;;;1H/q-1;+1;;/b;;;3-1?,5-4+. The van der Waals surface area contributed by atoms with Crippen molar-refractivity contribution in [3.63, 3.8) is 0 Å². The normalized spacial score (nSPS) is 6.00. The third kappa shape index (κ3) is 28.7. The Morgan fingerprint density at radius 1 is 1.33 bits per heavy atom. The molecule has 0 aliphatic rings.